The molecule has 5 heterocycles. The molecule has 0 fully saturated rings. The van der Waals surface area contributed by atoms with E-state index in [2.05, 4.69) is 54.7 Å². The summed E-state index contributed by atoms with van der Waals surface area (Å²) in [6, 6.07) is 25.9. The maximum Gasteiger partial charge on any atom is 0.176 e. The van der Waals surface area contributed by atoms with Crippen LogP contribution < -0.4 is 5.32 Å². The van der Waals surface area contributed by atoms with Crippen LogP contribution in [-0.2, 0) is 13.1 Å². The van der Waals surface area contributed by atoms with Crippen LogP contribution in [0.2, 0.25) is 0 Å². The molecule has 3 N–H and O–H groups in total. The first-order valence-electron chi connectivity index (χ1n) is 12.6. The van der Waals surface area contributed by atoms with Crippen LogP contribution >= 0.6 is 11.3 Å². The van der Waals surface area contributed by atoms with Crippen LogP contribution in [0.15, 0.2) is 97.5 Å². The third-order valence-electron chi connectivity index (χ3n) is 6.80. The second kappa shape index (κ2) is 9.90. The first-order valence-corrected chi connectivity index (χ1v) is 13.4. The highest BCUT2D eigenvalue weighted by molar-refractivity contribution is 7.14. The number of hydrogen-bond donors (Lipinski definition) is 3. The van der Waals surface area contributed by atoms with Gasteiger partial charge in [-0.1, -0.05) is 42.5 Å². The Balaban J connectivity index is 1.20. The topological polar surface area (TPSA) is 82.3 Å². The minimum atomic E-state index is -0.193. The highest BCUT2D eigenvalue weighted by atomic mass is 32.1. The Labute approximate surface area is 227 Å². The Kier molecular flexibility index (Phi) is 5.96. The summed E-state index contributed by atoms with van der Waals surface area (Å²) in [4.78, 5) is 13.5. The van der Waals surface area contributed by atoms with E-state index in [-0.39, 0.29) is 5.13 Å². The van der Waals surface area contributed by atoms with Gasteiger partial charge in [0.25, 0.3) is 0 Å². The summed E-state index contributed by atoms with van der Waals surface area (Å²) in [5, 5.41) is 13.0. The molecular weight excluding hydrogens is 507 g/mol. The molecule has 8 heteroatoms. The standard InChI is InChI=1S/C31H23FN6S/c32-30-10-9-29(39-30)22-7-4-8-25-23(22)12-27(36-25)31-24-13-26(35-18-28(24)37-38-31)21-11-20(16-34-17-21)15-33-14-19-5-2-1-3-6-19/h1-13,16-18,33,36H,14-15H2,(H,37,38). The molecule has 0 spiro atoms. The van der Waals surface area contributed by atoms with Crippen LogP contribution in [-0.4, -0.2) is 25.1 Å². The number of aromatic nitrogens is 5. The lowest BCUT2D eigenvalue weighted by Gasteiger charge is -2.07. The van der Waals surface area contributed by atoms with E-state index in [0.717, 1.165) is 78.3 Å². The van der Waals surface area contributed by atoms with E-state index >= 15 is 0 Å². The fourth-order valence-electron chi connectivity index (χ4n) is 4.91. The number of benzene rings is 2. The molecule has 0 amide bonds. The number of aromatic amines is 2. The zero-order chi connectivity index (χ0) is 26.2. The number of pyridine rings is 2. The van der Waals surface area contributed by atoms with Crippen molar-refractivity contribution in [2.24, 2.45) is 0 Å². The van der Waals surface area contributed by atoms with Crippen molar-refractivity contribution >= 4 is 33.1 Å². The van der Waals surface area contributed by atoms with E-state index in [0.29, 0.717) is 6.54 Å². The fourth-order valence-corrected chi connectivity index (χ4v) is 5.68. The Bertz CT molecular complexity index is 1920. The van der Waals surface area contributed by atoms with Crippen molar-refractivity contribution < 1.29 is 4.39 Å². The molecule has 0 aliphatic rings. The second-order valence-corrected chi connectivity index (χ2v) is 10.4. The average Bonchev–Trinajstić information content (AvgIpc) is 3.71. The summed E-state index contributed by atoms with van der Waals surface area (Å²) >= 11 is 1.15. The highest BCUT2D eigenvalue weighted by Crippen LogP contribution is 2.37. The van der Waals surface area contributed by atoms with Crippen molar-refractivity contribution in [3.05, 3.63) is 114 Å². The molecule has 0 aliphatic carbocycles. The molecule has 0 saturated carbocycles. The van der Waals surface area contributed by atoms with Crippen LogP contribution in [0.3, 0.4) is 0 Å². The molecule has 7 aromatic rings. The molecule has 6 nitrogen and oxygen atoms in total. The zero-order valence-corrected chi connectivity index (χ0v) is 21.6. The van der Waals surface area contributed by atoms with Gasteiger partial charge in [0, 0.05) is 57.8 Å². The molecule has 0 saturated heterocycles. The van der Waals surface area contributed by atoms with Gasteiger partial charge in [-0.25, -0.2) is 0 Å². The summed E-state index contributed by atoms with van der Waals surface area (Å²) in [5.41, 5.74) is 8.61. The second-order valence-electron chi connectivity index (χ2n) is 9.41. The van der Waals surface area contributed by atoms with E-state index in [1.807, 2.05) is 67.1 Å². The fraction of sp³-hybridized carbons (Fsp3) is 0.0645. The van der Waals surface area contributed by atoms with Crippen LogP contribution in [0, 0.1) is 5.13 Å². The molecule has 2 aromatic carbocycles. The lowest BCUT2D eigenvalue weighted by Crippen LogP contribution is -2.12. The van der Waals surface area contributed by atoms with Crippen LogP contribution in [0.1, 0.15) is 11.1 Å². The van der Waals surface area contributed by atoms with Crippen LogP contribution in [0.4, 0.5) is 4.39 Å². The molecule has 0 atom stereocenters. The number of nitrogens with one attached hydrogen (secondary N) is 3. The summed E-state index contributed by atoms with van der Waals surface area (Å²) in [6.07, 6.45) is 5.53. The van der Waals surface area contributed by atoms with Gasteiger partial charge in [0.15, 0.2) is 5.13 Å². The number of hydrogen-bond acceptors (Lipinski definition) is 5. The summed E-state index contributed by atoms with van der Waals surface area (Å²) in [5.74, 6) is 0. The van der Waals surface area contributed by atoms with Gasteiger partial charge < -0.3 is 10.3 Å². The Morgan fingerprint density at radius 3 is 2.56 bits per heavy atom. The molecule has 0 unspecified atom stereocenters. The van der Waals surface area contributed by atoms with Crippen molar-refractivity contribution in [2.75, 3.05) is 0 Å². The van der Waals surface area contributed by atoms with Crippen molar-refractivity contribution in [3.8, 4) is 33.1 Å². The maximum absolute atomic E-state index is 13.7. The normalized spacial score (nSPS) is 11.5. The summed E-state index contributed by atoms with van der Waals surface area (Å²) in [6.45, 7) is 1.50. The van der Waals surface area contributed by atoms with Crippen LogP contribution in [0.25, 0.3) is 54.9 Å². The largest absolute Gasteiger partial charge is 0.353 e. The quantitative estimate of drug-likeness (QED) is 0.202. The van der Waals surface area contributed by atoms with Gasteiger partial charge in [0.1, 0.15) is 5.69 Å². The van der Waals surface area contributed by atoms with Gasteiger partial charge in [0.05, 0.1) is 23.1 Å². The molecule has 0 radical (unpaired) electrons. The van der Waals surface area contributed by atoms with E-state index in [9.17, 15) is 4.39 Å². The average molecular weight is 531 g/mol. The number of halogens is 1. The maximum atomic E-state index is 13.7. The van der Waals surface area contributed by atoms with Gasteiger partial charge in [0.2, 0.25) is 0 Å². The van der Waals surface area contributed by atoms with Crippen molar-refractivity contribution in [2.45, 2.75) is 13.1 Å². The predicted molar refractivity (Wildman–Crippen MR) is 155 cm³/mol. The minimum Gasteiger partial charge on any atom is -0.353 e. The van der Waals surface area contributed by atoms with E-state index in [1.54, 1.807) is 0 Å². The molecule has 7 rings (SSSR count). The number of H-pyrrole nitrogens is 2. The monoisotopic (exact) mass is 530 g/mol. The third-order valence-corrected chi connectivity index (χ3v) is 7.70. The third kappa shape index (κ3) is 4.60. The lowest BCUT2D eigenvalue weighted by atomic mass is 10.1. The lowest BCUT2D eigenvalue weighted by molar-refractivity contribution is 0.657. The Morgan fingerprint density at radius 2 is 1.69 bits per heavy atom. The number of fused-ring (bicyclic) bond motifs is 2. The molecule has 0 aliphatic heterocycles. The van der Waals surface area contributed by atoms with Gasteiger partial charge in [-0.2, -0.15) is 9.49 Å². The van der Waals surface area contributed by atoms with Gasteiger partial charge >= 0.3 is 0 Å². The Morgan fingerprint density at radius 1 is 0.795 bits per heavy atom. The van der Waals surface area contributed by atoms with Gasteiger partial charge in [-0.15, -0.1) is 11.3 Å². The highest BCUT2D eigenvalue weighted by Gasteiger charge is 2.15. The first-order chi connectivity index (χ1) is 19.2. The first kappa shape index (κ1) is 23.5. The summed E-state index contributed by atoms with van der Waals surface area (Å²) in [7, 11) is 0. The predicted octanol–water partition coefficient (Wildman–Crippen LogP) is 7.33. The Hall–Kier alpha value is -4.66. The van der Waals surface area contributed by atoms with Crippen molar-refractivity contribution in [1.29, 1.82) is 0 Å². The van der Waals surface area contributed by atoms with E-state index in [4.69, 9.17) is 0 Å². The molecule has 0 bridgehead atoms. The molecule has 190 valence electrons. The smallest absolute Gasteiger partial charge is 0.176 e. The number of nitrogens with zero attached hydrogens (tertiary/aromatic N) is 3. The van der Waals surface area contributed by atoms with Gasteiger partial charge in [-0.3, -0.25) is 15.1 Å². The van der Waals surface area contributed by atoms with E-state index < -0.39 is 0 Å². The summed E-state index contributed by atoms with van der Waals surface area (Å²) < 4.78 is 13.7. The number of thiophene rings is 1. The zero-order valence-electron chi connectivity index (χ0n) is 20.8. The molecule has 5 aromatic heterocycles. The van der Waals surface area contributed by atoms with Crippen LogP contribution in [0.5, 0.6) is 0 Å². The van der Waals surface area contributed by atoms with E-state index in [1.165, 1.54) is 11.6 Å². The minimum absolute atomic E-state index is 0.193. The molecule has 39 heavy (non-hydrogen) atoms. The van der Waals surface area contributed by atoms with Crippen molar-refractivity contribution in [3.63, 3.8) is 0 Å². The van der Waals surface area contributed by atoms with Crippen molar-refractivity contribution in [1.82, 2.24) is 30.5 Å². The number of rotatable bonds is 7. The molecular formula is C31H23FN6S. The SMILES string of the molecule is Fc1ccc(-c2cccc3[nH]c(-c4n[nH]c5cnc(-c6cncc(CNCc7ccccc7)c6)cc45)cc23)s1. The van der Waals surface area contributed by atoms with Gasteiger partial charge in [-0.05, 0) is 47.5 Å².